The predicted octanol–water partition coefficient (Wildman–Crippen LogP) is 4.27. The Morgan fingerprint density at radius 2 is 2.14 bits per heavy atom. The summed E-state index contributed by atoms with van der Waals surface area (Å²) in [5.41, 5.74) is 1.68. The Hall–Kier alpha value is -2.08. The molecule has 1 saturated heterocycles. The van der Waals surface area contributed by atoms with Crippen LogP contribution in [0, 0.1) is 11.3 Å². The van der Waals surface area contributed by atoms with E-state index in [-0.39, 0.29) is 0 Å². The van der Waals surface area contributed by atoms with E-state index in [0.29, 0.717) is 11.6 Å². The number of rotatable bonds is 2. The average Bonchev–Trinajstić information content (AvgIpc) is 2.78. The Bertz CT molecular complexity index is 672. The molecule has 1 atom stereocenters. The second-order valence-corrected chi connectivity index (χ2v) is 5.77. The Balaban J connectivity index is 2.10. The lowest BCUT2D eigenvalue weighted by atomic mass is 10.1. The lowest BCUT2D eigenvalue weighted by Gasteiger charge is -2.31. The van der Waals surface area contributed by atoms with Gasteiger partial charge in [-0.25, -0.2) is 4.98 Å². The van der Waals surface area contributed by atoms with Crippen LogP contribution in [0.15, 0.2) is 30.3 Å². The van der Waals surface area contributed by atoms with Crippen molar-refractivity contribution in [3.63, 3.8) is 0 Å². The third-order valence-electron chi connectivity index (χ3n) is 4.44. The monoisotopic (exact) mass is 279 g/mol. The van der Waals surface area contributed by atoms with Crippen LogP contribution < -0.4 is 4.90 Å². The quantitative estimate of drug-likeness (QED) is 0.824. The Morgan fingerprint density at radius 3 is 2.95 bits per heavy atom. The molecular formula is C18H21N3. The zero-order valence-electron chi connectivity index (χ0n) is 12.5. The van der Waals surface area contributed by atoms with E-state index in [4.69, 9.17) is 4.98 Å². The van der Waals surface area contributed by atoms with E-state index < -0.39 is 0 Å². The summed E-state index contributed by atoms with van der Waals surface area (Å²) < 4.78 is 0. The summed E-state index contributed by atoms with van der Waals surface area (Å²) >= 11 is 0. The number of nitrogens with zero attached hydrogens (tertiary/aromatic N) is 3. The summed E-state index contributed by atoms with van der Waals surface area (Å²) in [6, 6.07) is 12.9. The van der Waals surface area contributed by atoms with Crippen LogP contribution >= 0.6 is 0 Å². The molecule has 1 aromatic carbocycles. The van der Waals surface area contributed by atoms with Crippen molar-refractivity contribution >= 4 is 16.7 Å². The van der Waals surface area contributed by atoms with Gasteiger partial charge in [-0.15, -0.1) is 0 Å². The molecule has 21 heavy (non-hydrogen) atoms. The molecule has 1 aliphatic heterocycles. The molecule has 2 heterocycles. The number of hydrogen-bond donors (Lipinski definition) is 0. The zero-order chi connectivity index (χ0) is 14.7. The maximum atomic E-state index is 9.52. The Labute approximate surface area is 126 Å². The summed E-state index contributed by atoms with van der Waals surface area (Å²) in [5, 5.41) is 10.6. The van der Waals surface area contributed by atoms with Gasteiger partial charge in [0.2, 0.25) is 0 Å². The molecule has 0 N–H and O–H groups in total. The van der Waals surface area contributed by atoms with Gasteiger partial charge < -0.3 is 4.90 Å². The van der Waals surface area contributed by atoms with Crippen molar-refractivity contribution in [2.45, 2.75) is 45.1 Å². The van der Waals surface area contributed by atoms with Crippen LogP contribution in [0.25, 0.3) is 10.9 Å². The third-order valence-corrected chi connectivity index (χ3v) is 4.44. The van der Waals surface area contributed by atoms with Crippen LogP contribution in [0.4, 0.5) is 5.82 Å². The smallest absolute Gasteiger partial charge is 0.147 e. The van der Waals surface area contributed by atoms with Gasteiger partial charge in [0.1, 0.15) is 11.9 Å². The highest BCUT2D eigenvalue weighted by Crippen LogP contribution is 2.29. The maximum absolute atomic E-state index is 9.52. The van der Waals surface area contributed by atoms with Gasteiger partial charge in [0.15, 0.2) is 0 Å². The first-order chi connectivity index (χ1) is 10.3. The summed E-state index contributed by atoms with van der Waals surface area (Å²) in [5.74, 6) is 0.880. The van der Waals surface area contributed by atoms with Crippen LogP contribution in [0.3, 0.4) is 0 Å². The van der Waals surface area contributed by atoms with E-state index in [2.05, 4.69) is 17.9 Å². The lowest BCUT2D eigenvalue weighted by Crippen LogP contribution is -2.35. The molecule has 1 aromatic heterocycles. The fraction of sp³-hybridized carbons (Fsp3) is 0.444. The third kappa shape index (κ3) is 2.71. The largest absolute Gasteiger partial charge is 0.353 e. The molecular weight excluding hydrogens is 258 g/mol. The van der Waals surface area contributed by atoms with Crippen molar-refractivity contribution in [3.05, 3.63) is 35.9 Å². The van der Waals surface area contributed by atoms with Gasteiger partial charge in [-0.1, -0.05) is 38.0 Å². The van der Waals surface area contributed by atoms with Crippen LogP contribution in [-0.4, -0.2) is 17.6 Å². The molecule has 3 nitrogen and oxygen atoms in total. The predicted molar refractivity (Wildman–Crippen MR) is 86.4 cm³/mol. The first-order valence-electron chi connectivity index (χ1n) is 7.90. The molecule has 0 aliphatic carbocycles. The highest BCUT2D eigenvalue weighted by atomic mass is 15.2. The normalized spacial score (nSPS) is 19.2. The van der Waals surface area contributed by atoms with Gasteiger partial charge in [0.25, 0.3) is 0 Å². The SMILES string of the molecule is CCC1CCCCCN1c1nc2ccccc2cc1C#N. The van der Waals surface area contributed by atoms with Crippen LogP contribution in [-0.2, 0) is 0 Å². The van der Waals surface area contributed by atoms with E-state index in [9.17, 15) is 5.26 Å². The average molecular weight is 279 g/mol. The first-order valence-corrected chi connectivity index (χ1v) is 7.90. The minimum Gasteiger partial charge on any atom is -0.353 e. The molecule has 3 heteroatoms. The standard InChI is InChI=1S/C18H21N3/c1-2-16-9-4-3-7-11-21(16)18-15(13-19)12-14-8-5-6-10-17(14)20-18/h5-6,8,10,12,16H,2-4,7,9,11H2,1H3. The van der Waals surface area contributed by atoms with E-state index in [1.54, 1.807) is 0 Å². The summed E-state index contributed by atoms with van der Waals surface area (Å²) in [4.78, 5) is 7.19. The number of fused-ring (bicyclic) bond motifs is 1. The zero-order valence-corrected chi connectivity index (χ0v) is 12.5. The molecule has 0 radical (unpaired) electrons. The number of para-hydroxylation sites is 1. The van der Waals surface area contributed by atoms with Gasteiger partial charge in [-0.05, 0) is 31.4 Å². The molecule has 3 rings (SSSR count). The lowest BCUT2D eigenvalue weighted by molar-refractivity contribution is 0.552. The Morgan fingerprint density at radius 1 is 1.29 bits per heavy atom. The highest BCUT2D eigenvalue weighted by molar-refractivity contribution is 5.83. The highest BCUT2D eigenvalue weighted by Gasteiger charge is 2.23. The fourth-order valence-electron chi connectivity index (χ4n) is 3.29. The molecule has 1 unspecified atom stereocenters. The molecule has 0 spiro atoms. The van der Waals surface area contributed by atoms with E-state index in [0.717, 1.165) is 29.7 Å². The topological polar surface area (TPSA) is 39.9 Å². The van der Waals surface area contributed by atoms with Crippen LogP contribution in [0.5, 0.6) is 0 Å². The minimum atomic E-state index is 0.508. The van der Waals surface area contributed by atoms with E-state index >= 15 is 0 Å². The van der Waals surface area contributed by atoms with Crippen LogP contribution in [0.2, 0.25) is 0 Å². The second-order valence-electron chi connectivity index (χ2n) is 5.77. The molecule has 108 valence electrons. The number of benzene rings is 1. The molecule has 0 saturated carbocycles. The molecule has 2 aromatic rings. The van der Waals surface area contributed by atoms with Crippen molar-refractivity contribution < 1.29 is 0 Å². The van der Waals surface area contributed by atoms with Gasteiger partial charge in [-0.2, -0.15) is 5.26 Å². The van der Waals surface area contributed by atoms with Gasteiger partial charge >= 0.3 is 0 Å². The first kappa shape index (κ1) is 13.9. The number of nitriles is 1. The number of pyridine rings is 1. The van der Waals surface area contributed by atoms with Gasteiger partial charge in [-0.3, -0.25) is 0 Å². The van der Waals surface area contributed by atoms with Crippen molar-refractivity contribution in [2.75, 3.05) is 11.4 Å². The van der Waals surface area contributed by atoms with Gasteiger partial charge in [0, 0.05) is 18.0 Å². The van der Waals surface area contributed by atoms with Crippen molar-refractivity contribution in [3.8, 4) is 6.07 Å². The van der Waals surface area contributed by atoms with Gasteiger partial charge in [0.05, 0.1) is 11.1 Å². The van der Waals surface area contributed by atoms with E-state index in [1.807, 2.05) is 30.3 Å². The molecule has 1 fully saturated rings. The minimum absolute atomic E-state index is 0.508. The number of aromatic nitrogens is 1. The summed E-state index contributed by atoms with van der Waals surface area (Å²) in [7, 11) is 0. The summed E-state index contributed by atoms with van der Waals surface area (Å²) in [6.07, 6.45) is 6.07. The maximum Gasteiger partial charge on any atom is 0.147 e. The van der Waals surface area contributed by atoms with E-state index in [1.165, 1.54) is 25.7 Å². The van der Waals surface area contributed by atoms with Crippen molar-refractivity contribution in [1.29, 1.82) is 5.26 Å². The van der Waals surface area contributed by atoms with Crippen molar-refractivity contribution in [1.82, 2.24) is 4.98 Å². The second kappa shape index (κ2) is 6.13. The molecule has 0 bridgehead atoms. The molecule has 1 aliphatic rings. The molecule has 0 amide bonds. The number of anilines is 1. The Kier molecular flexibility index (Phi) is 4.06. The van der Waals surface area contributed by atoms with Crippen molar-refractivity contribution in [2.24, 2.45) is 0 Å². The number of hydrogen-bond acceptors (Lipinski definition) is 3. The summed E-state index contributed by atoms with van der Waals surface area (Å²) in [6.45, 7) is 3.24. The fourth-order valence-corrected chi connectivity index (χ4v) is 3.29. The van der Waals surface area contributed by atoms with Crippen LogP contribution in [0.1, 0.15) is 44.6 Å².